The molecule has 2 heterocycles. The molecule has 0 N–H and O–H groups in total. The Bertz CT molecular complexity index is 3520. The Kier molecular flexibility index (Phi) is 7.54. The van der Waals surface area contributed by atoms with Crippen LogP contribution in [-0.4, -0.2) is 4.57 Å². The van der Waals surface area contributed by atoms with Gasteiger partial charge in [0.15, 0.2) is 0 Å². The number of furan rings is 1. The first kappa shape index (κ1) is 33.3. The lowest BCUT2D eigenvalue weighted by molar-refractivity contribution is 0.669. The van der Waals surface area contributed by atoms with Crippen LogP contribution in [0.4, 0.5) is 17.1 Å². The minimum atomic E-state index is 0.878. The van der Waals surface area contributed by atoms with Crippen LogP contribution in [0.25, 0.3) is 93.2 Å². The summed E-state index contributed by atoms with van der Waals surface area (Å²) >= 11 is 0. The Labute approximate surface area is 341 Å². The molecule has 0 fully saturated rings. The highest BCUT2D eigenvalue weighted by Crippen LogP contribution is 2.46. The van der Waals surface area contributed by atoms with Crippen LogP contribution in [0.1, 0.15) is 0 Å². The lowest BCUT2D eigenvalue weighted by atomic mass is 9.96. The average Bonchev–Trinajstić information content (AvgIpc) is 3.84. The maximum absolute atomic E-state index is 6.58. The molecule has 59 heavy (non-hydrogen) atoms. The number of nitrogens with zero attached hydrogens (tertiary/aromatic N) is 2. The largest absolute Gasteiger partial charge is 0.456 e. The van der Waals surface area contributed by atoms with E-state index in [1.165, 1.54) is 48.9 Å². The minimum absolute atomic E-state index is 0.878. The van der Waals surface area contributed by atoms with E-state index in [9.17, 15) is 0 Å². The lowest BCUT2D eigenvalue weighted by Gasteiger charge is -2.28. The molecule has 0 aliphatic carbocycles. The fourth-order valence-corrected chi connectivity index (χ4v) is 9.20. The number of aromatic nitrogens is 1. The Balaban J connectivity index is 1.06. The predicted octanol–water partition coefficient (Wildman–Crippen LogP) is 15.8. The van der Waals surface area contributed by atoms with Crippen molar-refractivity contribution in [2.45, 2.75) is 0 Å². The van der Waals surface area contributed by atoms with Crippen LogP contribution < -0.4 is 4.90 Å². The summed E-state index contributed by atoms with van der Waals surface area (Å²) in [4.78, 5) is 2.41. The van der Waals surface area contributed by atoms with Gasteiger partial charge in [0, 0.05) is 44.2 Å². The van der Waals surface area contributed by atoms with Crippen LogP contribution in [0.3, 0.4) is 0 Å². The van der Waals surface area contributed by atoms with Crippen LogP contribution >= 0.6 is 0 Å². The summed E-state index contributed by atoms with van der Waals surface area (Å²) in [6.45, 7) is 0. The molecule has 0 atom stereocenters. The van der Waals surface area contributed by atoms with Gasteiger partial charge in [0.2, 0.25) is 0 Å². The highest BCUT2D eigenvalue weighted by atomic mass is 16.3. The van der Waals surface area contributed by atoms with Crippen molar-refractivity contribution >= 4 is 82.4 Å². The Hall–Kier alpha value is -7.88. The molecular weight excluding hydrogens is 717 g/mol. The first-order valence-electron chi connectivity index (χ1n) is 20.2. The Morgan fingerprint density at radius 1 is 0.356 bits per heavy atom. The van der Waals surface area contributed by atoms with E-state index >= 15 is 0 Å². The normalized spacial score (nSPS) is 11.7. The summed E-state index contributed by atoms with van der Waals surface area (Å²) in [5.74, 6) is 0. The van der Waals surface area contributed by atoms with Crippen LogP contribution in [0, 0.1) is 0 Å². The van der Waals surface area contributed by atoms with Gasteiger partial charge in [-0.3, -0.25) is 0 Å². The molecule has 0 aliphatic heterocycles. The fourth-order valence-electron chi connectivity index (χ4n) is 9.20. The van der Waals surface area contributed by atoms with E-state index in [-0.39, 0.29) is 0 Å². The van der Waals surface area contributed by atoms with Crippen molar-refractivity contribution in [1.29, 1.82) is 0 Å². The van der Waals surface area contributed by atoms with Crippen molar-refractivity contribution in [3.05, 3.63) is 218 Å². The van der Waals surface area contributed by atoms with Crippen LogP contribution in [0.2, 0.25) is 0 Å². The molecule has 0 unspecified atom stereocenters. The molecule has 0 amide bonds. The number of anilines is 3. The molecule has 0 saturated carbocycles. The van der Waals surface area contributed by atoms with E-state index in [1.807, 2.05) is 0 Å². The fraction of sp³-hybridized carbons (Fsp3) is 0. The number of hydrogen-bond donors (Lipinski definition) is 0. The molecule has 0 aliphatic rings. The monoisotopic (exact) mass is 752 g/mol. The molecule has 0 bridgehead atoms. The summed E-state index contributed by atoms with van der Waals surface area (Å²) in [7, 11) is 0. The zero-order valence-corrected chi connectivity index (χ0v) is 32.1. The van der Waals surface area contributed by atoms with Crippen molar-refractivity contribution < 1.29 is 4.42 Å². The predicted molar refractivity (Wildman–Crippen MR) is 249 cm³/mol. The third kappa shape index (κ3) is 5.44. The molecule has 0 radical (unpaired) electrons. The number of hydrogen-bond acceptors (Lipinski definition) is 2. The number of para-hydroxylation sites is 3. The summed E-state index contributed by atoms with van der Waals surface area (Å²) in [5, 5.41) is 9.57. The van der Waals surface area contributed by atoms with Crippen molar-refractivity contribution in [1.82, 2.24) is 4.57 Å². The Morgan fingerprint density at radius 3 is 1.75 bits per heavy atom. The molecule has 3 heteroatoms. The molecule has 276 valence electrons. The summed E-state index contributed by atoms with van der Waals surface area (Å²) in [6, 6.07) is 78.8. The summed E-state index contributed by atoms with van der Waals surface area (Å²) in [5.41, 5.74) is 13.1. The van der Waals surface area contributed by atoms with Crippen molar-refractivity contribution in [2.75, 3.05) is 4.90 Å². The van der Waals surface area contributed by atoms with Crippen molar-refractivity contribution in [3.63, 3.8) is 0 Å². The van der Waals surface area contributed by atoms with E-state index in [1.54, 1.807) is 0 Å². The van der Waals surface area contributed by atoms with Gasteiger partial charge in [0.1, 0.15) is 11.2 Å². The lowest BCUT2D eigenvalue weighted by Crippen LogP contribution is -2.11. The molecule has 3 nitrogen and oxygen atoms in total. The van der Waals surface area contributed by atoms with E-state index in [4.69, 9.17) is 4.42 Å². The van der Waals surface area contributed by atoms with Gasteiger partial charge in [-0.05, 0) is 117 Å². The molecule has 10 aromatic carbocycles. The van der Waals surface area contributed by atoms with E-state index < -0.39 is 0 Å². The number of benzene rings is 10. The highest BCUT2D eigenvalue weighted by Gasteiger charge is 2.22. The zero-order chi connectivity index (χ0) is 38.9. The molecule has 12 rings (SSSR count). The van der Waals surface area contributed by atoms with Crippen LogP contribution in [0.15, 0.2) is 223 Å². The van der Waals surface area contributed by atoms with Crippen molar-refractivity contribution in [3.8, 4) is 27.9 Å². The highest BCUT2D eigenvalue weighted by molar-refractivity contribution is 6.17. The molecular formula is C56H36N2O. The van der Waals surface area contributed by atoms with E-state index in [2.05, 4.69) is 228 Å². The first-order valence-corrected chi connectivity index (χ1v) is 20.2. The van der Waals surface area contributed by atoms with Gasteiger partial charge in [-0.15, -0.1) is 0 Å². The second-order valence-electron chi connectivity index (χ2n) is 15.3. The maximum Gasteiger partial charge on any atom is 0.136 e. The van der Waals surface area contributed by atoms with E-state index in [0.29, 0.717) is 0 Å². The van der Waals surface area contributed by atoms with Gasteiger partial charge in [-0.25, -0.2) is 0 Å². The Morgan fingerprint density at radius 2 is 0.966 bits per heavy atom. The van der Waals surface area contributed by atoms with Gasteiger partial charge < -0.3 is 13.9 Å². The van der Waals surface area contributed by atoms with Crippen molar-refractivity contribution in [2.24, 2.45) is 0 Å². The smallest absolute Gasteiger partial charge is 0.136 e. The maximum atomic E-state index is 6.58. The van der Waals surface area contributed by atoms with Gasteiger partial charge >= 0.3 is 0 Å². The molecule has 12 aromatic rings. The van der Waals surface area contributed by atoms with E-state index in [0.717, 1.165) is 61.4 Å². The van der Waals surface area contributed by atoms with Crippen LogP contribution in [-0.2, 0) is 0 Å². The quantitative estimate of drug-likeness (QED) is 0.169. The number of fused-ring (bicyclic) bond motifs is 8. The average molecular weight is 753 g/mol. The van der Waals surface area contributed by atoms with Gasteiger partial charge in [-0.2, -0.15) is 0 Å². The molecule has 0 spiro atoms. The minimum Gasteiger partial charge on any atom is -0.456 e. The third-order valence-electron chi connectivity index (χ3n) is 11.9. The SMILES string of the molecule is c1cc(-c2ccc3ccccc3c2)cc(N(c2ccc(-n3c4ccccc4c4ccccc43)cc2)c2ccccc2-c2cccc3oc4cc5ccccc5cc4c23)c1. The summed E-state index contributed by atoms with van der Waals surface area (Å²) < 4.78 is 8.96. The second-order valence-corrected chi connectivity index (χ2v) is 15.3. The van der Waals surface area contributed by atoms with Crippen LogP contribution in [0.5, 0.6) is 0 Å². The molecule has 2 aromatic heterocycles. The van der Waals surface area contributed by atoms with Gasteiger partial charge in [-0.1, -0.05) is 140 Å². The third-order valence-corrected chi connectivity index (χ3v) is 11.9. The second kappa shape index (κ2) is 13.4. The molecule has 0 saturated heterocycles. The number of rotatable bonds is 6. The first-order chi connectivity index (χ1) is 29.2. The van der Waals surface area contributed by atoms with Gasteiger partial charge in [0.05, 0.1) is 16.7 Å². The van der Waals surface area contributed by atoms with Gasteiger partial charge in [0.25, 0.3) is 0 Å². The topological polar surface area (TPSA) is 21.3 Å². The summed E-state index contributed by atoms with van der Waals surface area (Å²) in [6.07, 6.45) is 0. The standard InChI is InChI=1S/C56H36N2O/c1-2-14-38-33-42(28-27-37(38)13-1)39-17-11-18-45(34-39)57(43-29-31-44(32-30-43)58-52-24-9-5-19-46(52)47-20-6-10-25-53(47)58)51-23-8-7-21-48(51)49-22-12-26-54-56(49)50-35-40-15-3-4-16-41(40)36-55(50)59-54/h1-36H. The zero-order valence-electron chi connectivity index (χ0n) is 32.1.